The van der Waals surface area contributed by atoms with Crippen LogP contribution < -0.4 is 5.43 Å². The smallest absolute Gasteiger partial charge is 0.271 e. The Hall–Kier alpha value is -4.01. The van der Waals surface area contributed by atoms with E-state index in [1.54, 1.807) is 36.4 Å². The number of nitrogens with one attached hydrogen (secondary N) is 1. The number of nitro benzene ring substituents is 2. The average molecular weight is 352 g/mol. The van der Waals surface area contributed by atoms with Gasteiger partial charge in [-0.05, 0) is 18.2 Å². The summed E-state index contributed by atoms with van der Waals surface area (Å²) in [6.07, 6.45) is 1.40. The van der Waals surface area contributed by atoms with Crippen LogP contribution in [0.2, 0.25) is 0 Å². The SMILES string of the molecule is O=[N+]([O-])c1cccc(N/N=C\c2ccc(-c3cccc([N+](=O)[O-])c3)o2)c1. The predicted octanol–water partition coefficient (Wildman–Crippen LogP) is 4.21. The summed E-state index contributed by atoms with van der Waals surface area (Å²) >= 11 is 0. The van der Waals surface area contributed by atoms with Gasteiger partial charge in [0.05, 0.1) is 21.7 Å². The third-order valence-corrected chi connectivity index (χ3v) is 3.41. The van der Waals surface area contributed by atoms with E-state index in [-0.39, 0.29) is 11.4 Å². The standard InChI is InChI=1S/C17H12N4O5/c22-20(23)14-5-1-3-12(9-14)17-8-7-16(26-17)11-18-19-13-4-2-6-15(10-13)21(24)25/h1-11,19H/b18-11-. The zero-order valence-electron chi connectivity index (χ0n) is 13.2. The molecule has 26 heavy (non-hydrogen) atoms. The highest BCUT2D eigenvalue weighted by Gasteiger charge is 2.10. The summed E-state index contributed by atoms with van der Waals surface area (Å²) in [5, 5.41) is 25.5. The lowest BCUT2D eigenvalue weighted by Crippen LogP contribution is -1.92. The van der Waals surface area contributed by atoms with Crippen molar-refractivity contribution in [3.63, 3.8) is 0 Å². The number of benzene rings is 2. The van der Waals surface area contributed by atoms with Crippen LogP contribution in [-0.4, -0.2) is 16.1 Å². The summed E-state index contributed by atoms with van der Waals surface area (Å²) in [5.74, 6) is 0.884. The van der Waals surface area contributed by atoms with Crippen molar-refractivity contribution in [1.29, 1.82) is 0 Å². The second kappa shape index (κ2) is 7.26. The molecule has 0 aliphatic carbocycles. The Morgan fingerprint density at radius 3 is 2.35 bits per heavy atom. The minimum Gasteiger partial charge on any atom is -0.455 e. The maximum absolute atomic E-state index is 10.8. The third-order valence-electron chi connectivity index (χ3n) is 3.41. The molecule has 0 unspecified atom stereocenters. The molecule has 9 heteroatoms. The van der Waals surface area contributed by atoms with Gasteiger partial charge >= 0.3 is 0 Å². The van der Waals surface area contributed by atoms with Gasteiger partial charge < -0.3 is 4.42 Å². The number of hydrogen-bond acceptors (Lipinski definition) is 7. The van der Waals surface area contributed by atoms with Gasteiger partial charge in [0, 0.05) is 29.8 Å². The lowest BCUT2D eigenvalue weighted by atomic mass is 10.1. The van der Waals surface area contributed by atoms with Crippen molar-refractivity contribution in [3.8, 4) is 11.3 Å². The normalized spacial score (nSPS) is 10.8. The molecule has 2 aromatic carbocycles. The van der Waals surface area contributed by atoms with Crippen molar-refractivity contribution >= 4 is 23.3 Å². The summed E-state index contributed by atoms with van der Waals surface area (Å²) in [7, 11) is 0. The van der Waals surface area contributed by atoms with E-state index in [9.17, 15) is 20.2 Å². The molecule has 1 heterocycles. The van der Waals surface area contributed by atoms with Crippen molar-refractivity contribution in [2.45, 2.75) is 0 Å². The van der Waals surface area contributed by atoms with Crippen LogP contribution in [0.15, 0.2) is 70.2 Å². The van der Waals surface area contributed by atoms with Gasteiger partial charge in [-0.1, -0.05) is 18.2 Å². The summed E-state index contributed by atoms with van der Waals surface area (Å²) < 4.78 is 5.58. The first kappa shape index (κ1) is 16.8. The molecule has 0 bridgehead atoms. The largest absolute Gasteiger partial charge is 0.455 e. The lowest BCUT2D eigenvalue weighted by molar-refractivity contribution is -0.385. The monoisotopic (exact) mass is 352 g/mol. The molecule has 130 valence electrons. The highest BCUT2D eigenvalue weighted by atomic mass is 16.6. The maximum atomic E-state index is 10.8. The molecule has 0 atom stereocenters. The van der Waals surface area contributed by atoms with Crippen LogP contribution in [0.4, 0.5) is 17.1 Å². The van der Waals surface area contributed by atoms with Gasteiger partial charge in [-0.3, -0.25) is 25.7 Å². The van der Waals surface area contributed by atoms with E-state index in [1.165, 1.54) is 30.5 Å². The number of non-ortho nitro benzene ring substituents is 2. The summed E-state index contributed by atoms with van der Waals surface area (Å²) in [5.41, 5.74) is 3.64. The van der Waals surface area contributed by atoms with Gasteiger partial charge in [0.25, 0.3) is 11.4 Å². The molecule has 1 N–H and O–H groups in total. The fourth-order valence-corrected chi connectivity index (χ4v) is 2.21. The molecule has 0 amide bonds. The van der Waals surface area contributed by atoms with E-state index >= 15 is 0 Å². The Bertz CT molecular complexity index is 996. The molecule has 3 rings (SSSR count). The molecule has 1 aromatic heterocycles. The number of rotatable bonds is 6. The predicted molar refractivity (Wildman–Crippen MR) is 95.1 cm³/mol. The molecule has 3 aromatic rings. The number of hydrogen-bond donors (Lipinski definition) is 1. The molecule has 0 spiro atoms. The van der Waals surface area contributed by atoms with Crippen molar-refractivity contribution < 1.29 is 14.3 Å². The van der Waals surface area contributed by atoms with Crippen LogP contribution in [0, 0.1) is 20.2 Å². The average Bonchev–Trinajstić information content (AvgIpc) is 3.11. The summed E-state index contributed by atoms with van der Waals surface area (Å²) in [6, 6.07) is 15.4. The Kier molecular flexibility index (Phi) is 4.70. The number of furan rings is 1. The van der Waals surface area contributed by atoms with E-state index in [2.05, 4.69) is 10.5 Å². The Labute approximate surface area is 146 Å². The van der Waals surface area contributed by atoms with Crippen molar-refractivity contribution in [2.24, 2.45) is 5.10 Å². The molecule has 9 nitrogen and oxygen atoms in total. The topological polar surface area (TPSA) is 124 Å². The molecule has 0 saturated carbocycles. The van der Waals surface area contributed by atoms with Gasteiger partial charge in [0.15, 0.2) is 0 Å². The molecule has 0 fully saturated rings. The minimum atomic E-state index is -0.493. The van der Waals surface area contributed by atoms with Gasteiger partial charge in [-0.25, -0.2) is 0 Å². The van der Waals surface area contributed by atoms with Crippen molar-refractivity contribution in [2.75, 3.05) is 5.43 Å². The Balaban J connectivity index is 1.71. The highest BCUT2D eigenvalue weighted by Crippen LogP contribution is 2.25. The number of nitrogens with zero attached hydrogens (tertiary/aromatic N) is 3. The quantitative estimate of drug-likeness (QED) is 0.402. The molecule has 0 aliphatic rings. The minimum absolute atomic E-state index is 0.0264. The summed E-state index contributed by atoms with van der Waals surface area (Å²) in [4.78, 5) is 20.6. The lowest BCUT2D eigenvalue weighted by Gasteiger charge is -1.99. The van der Waals surface area contributed by atoms with Crippen LogP contribution in [-0.2, 0) is 0 Å². The Morgan fingerprint density at radius 1 is 0.923 bits per heavy atom. The zero-order chi connectivity index (χ0) is 18.5. The van der Waals surface area contributed by atoms with Gasteiger partial charge in [0.1, 0.15) is 11.5 Å². The highest BCUT2D eigenvalue weighted by molar-refractivity contribution is 5.78. The first-order chi connectivity index (χ1) is 12.5. The summed E-state index contributed by atoms with van der Waals surface area (Å²) in [6.45, 7) is 0. The second-order valence-electron chi connectivity index (χ2n) is 5.19. The molecule has 0 saturated heterocycles. The fraction of sp³-hybridized carbons (Fsp3) is 0. The fourth-order valence-electron chi connectivity index (χ4n) is 2.21. The number of nitro groups is 2. The van der Waals surface area contributed by atoms with Crippen LogP contribution in [0.5, 0.6) is 0 Å². The van der Waals surface area contributed by atoms with Crippen molar-refractivity contribution in [3.05, 3.63) is 86.7 Å². The van der Waals surface area contributed by atoms with Crippen LogP contribution in [0.1, 0.15) is 5.76 Å². The van der Waals surface area contributed by atoms with Crippen LogP contribution >= 0.6 is 0 Å². The van der Waals surface area contributed by atoms with Crippen LogP contribution in [0.25, 0.3) is 11.3 Å². The van der Waals surface area contributed by atoms with E-state index in [1.807, 2.05) is 0 Å². The van der Waals surface area contributed by atoms with E-state index < -0.39 is 9.85 Å². The van der Waals surface area contributed by atoms with Gasteiger partial charge in [0.2, 0.25) is 0 Å². The first-order valence-electron chi connectivity index (χ1n) is 7.41. The van der Waals surface area contributed by atoms with E-state index in [0.717, 1.165) is 0 Å². The van der Waals surface area contributed by atoms with Crippen molar-refractivity contribution in [1.82, 2.24) is 0 Å². The number of hydrazone groups is 1. The first-order valence-corrected chi connectivity index (χ1v) is 7.41. The maximum Gasteiger partial charge on any atom is 0.271 e. The van der Waals surface area contributed by atoms with Gasteiger partial charge in [-0.15, -0.1) is 0 Å². The van der Waals surface area contributed by atoms with E-state index in [0.29, 0.717) is 22.8 Å². The van der Waals surface area contributed by atoms with Crippen LogP contribution in [0.3, 0.4) is 0 Å². The molecular weight excluding hydrogens is 340 g/mol. The number of anilines is 1. The second-order valence-corrected chi connectivity index (χ2v) is 5.19. The van der Waals surface area contributed by atoms with E-state index in [4.69, 9.17) is 4.42 Å². The molecule has 0 radical (unpaired) electrons. The zero-order valence-corrected chi connectivity index (χ0v) is 13.2. The van der Waals surface area contributed by atoms with Gasteiger partial charge in [-0.2, -0.15) is 5.10 Å². The molecular formula is C17H12N4O5. The third kappa shape index (κ3) is 3.90. The Morgan fingerprint density at radius 2 is 1.62 bits per heavy atom. The molecule has 0 aliphatic heterocycles.